The second-order valence-corrected chi connectivity index (χ2v) is 10.9. The molecule has 0 saturated heterocycles. The second kappa shape index (κ2) is 9.38. The average molecular weight is 397 g/mol. The van der Waals surface area contributed by atoms with Gasteiger partial charge in [-0.15, -0.1) is 0 Å². The van der Waals surface area contributed by atoms with Crippen LogP contribution in [0.25, 0.3) is 0 Å². The normalized spacial score (nSPS) is 38.2. The molecule has 0 aromatic rings. The van der Waals surface area contributed by atoms with Gasteiger partial charge in [-0.1, -0.05) is 76.6 Å². The summed E-state index contributed by atoms with van der Waals surface area (Å²) < 4.78 is 0. The highest BCUT2D eigenvalue weighted by Crippen LogP contribution is 2.59. The lowest BCUT2D eigenvalue weighted by Gasteiger charge is -2.44. The lowest BCUT2D eigenvalue weighted by Crippen LogP contribution is -2.35. The maximum Gasteiger partial charge on any atom is 0.0583 e. The van der Waals surface area contributed by atoms with Crippen molar-refractivity contribution in [3.8, 4) is 0 Å². The van der Waals surface area contributed by atoms with E-state index >= 15 is 0 Å². The van der Waals surface area contributed by atoms with E-state index in [2.05, 4.69) is 65.5 Å². The van der Waals surface area contributed by atoms with Crippen molar-refractivity contribution in [3.63, 3.8) is 0 Å². The molecule has 3 fully saturated rings. The Morgan fingerprint density at radius 3 is 2.52 bits per heavy atom. The molecule has 3 saturated carbocycles. The summed E-state index contributed by atoms with van der Waals surface area (Å²) in [5.74, 6) is 3.58. The molecule has 6 atom stereocenters. The van der Waals surface area contributed by atoms with Crippen molar-refractivity contribution in [1.82, 2.24) is 0 Å². The van der Waals surface area contributed by atoms with Crippen molar-refractivity contribution in [1.29, 1.82) is 0 Å². The van der Waals surface area contributed by atoms with Crippen molar-refractivity contribution in [2.24, 2.45) is 35.0 Å². The largest absolute Gasteiger partial charge is 0.393 e. The van der Waals surface area contributed by atoms with E-state index in [0.717, 1.165) is 37.0 Å². The lowest BCUT2D eigenvalue weighted by molar-refractivity contribution is 0.112. The maximum atomic E-state index is 10.0. The third-order valence-electron chi connectivity index (χ3n) is 8.63. The van der Waals surface area contributed by atoms with Gasteiger partial charge in [-0.2, -0.15) is 0 Å². The molecule has 3 aliphatic rings. The first-order chi connectivity index (χ1) is 13.7. The Bertz CT molecular complexity index is 678. The topological polar surface area (TPSA) is 20.2 Å². The molecule has 0 amide bonds. The van der Waals surface area contributed by atoms with Gasteiger partial charge in [0.15, 0.2) is 0 Å². The molecule has 1 nitrogen and oxygen atoms in total. The molecule has 162 valence electrons. The summed E-state index contributed by atoms with van der Waals surface area (Å²) in [6.07, 6.45) is 18.8. The van der Waals surface area contributed by atoms with Crippen LogP contribution in [-0.4, -0.2) is 11.2 Å². The van der Waals surface area contributed by atoms with E-state index < -0.39 is 0 Å². The summed E-state index contributed by atoms with van der Waals surface area (Å²) in [6.45, 7) is 16.3. The minimum absolute atomic E-state index is 0.182. The molecule has 0 unspecified atom stereocenters. The van der Waals surface area contributed by atoms with Crippen LogP contribution < -0.4 is 0 Å². The monoisotopic (exact) mass is 396 g/mol. The van der Waals surface area contributed by atoms with Gasteiger partial charge in [0, 0.05) is 0 Å². The van der Waals surface area contributed by atoms with Crippen LogP contribution in [0.2, 0.25) is 0 Å². The Hall–Kier alpha value is -1.08. The van der Waals surface area contributed by atoms with Crippen LogP contribution in [0.5, 0.6) is 0 Å². The van der Waals surface area contributed by atoms with E-state index in [1.54, 1.807) is 5.57 Å². The average Bonchev–Trinajstić information content (AvgIpc) is 3.04. The first-order valence-electron chi connectivity index (χ1n) is 12.2. The molecule has 0 radical (unpaired) electrons. The van der Waals surface area contributed by atoms with E-state index in [-0.39, 0.29) is 6.10 Å². The summed E-state index contributed by atoms with van der Waals surface area (Å²) in [7, 11) is 0. The number of hydrogen-bond donors (Lipinski definition) is 1. The van der Waals surface area contributed by atoms with E-state index in [1.165, 1.54) is 43.3 Å². The number of aliphatic hydroxyl groups excluding tert-OH is 1. The SMILES string of the molecule is C=C1CC[C@@H](O)CC1=CC=C1CCC[C@]2(C)[C@@H]1CC[C@@H]2[C@@H](C)C=C[C@H](C)C(C)C. The zero-order valence-electron chi connectivity index (χ0n) is 19.6. The fourth-order valence-electron chi connectivity index (χ4n) is 6.25. The Morgan fingerprint density at radius 1 is 1.03 bits per heavy atom. The summed E-state index contributed by atoms with van der Waals surface area (Å²) in [5, 5.41) is 10.0. The molecular weight excluding hydrogens is 352 g/mol. The van der Waals surface area contributed by atoms with Crippen LogP contribution >= 0.6 is 0 Å². The molecule has 1 heteroatoms. The molecule has 0 aromatic carbocycles. The molecule has 3 aliphatic carbocycles. The number of hydrogen-bond acceptors (Lipinski definition) is 1. The third-order valence-corrected chi connectivity index (χ3v) is 8.63. The highest BCUT2D eigenvalue weighted by atomic mass is 16.3. The van der Waals surface area contributed by atoms with E-state index in [4.69, 9.17) is 0 Å². The van der Waals surface area contributed by atoms with Gasteiger partial charge in [-0.05, 0) is 91.9 Å². The highest BCUT2D eigenvalue weighted by Gasteiger charge is 2.50. The Balaban J connectivity index is 1.75. The van der Waals surface area contributed by atoms with Crippen LogP contribution in [-0.2, 0) is 0 Å². The Morgan fingerprint density at radius 2 is 1.79 bits per heavy atom. The fourth-order valence-corrected chi connectivity index (χ4v) is 6.25. The zero-order chi connectivity index (χ0) is 21.2. The summed E-state index contributed by atoms with van der Waals surface area (Å²) in [6, 6.07) is 0. The van der Waals surface area contributed by atoms with Gasteiger partial charge in [0.25, 0.3) is 0 Å². The highest BCUT2D eigenvalue weighted by molar-refractivity contribution is 5.36. The smallest absolute Gasteiger partial charge is 0.0583 e. The van der Waals surface area contributed by atoms with Crippen molar-refractivity contribution in [2.45, 2.75) is 92.1 Å². The molecule has 0 spiro atoms. The van der Waals surface area contributed by atoms with Crippen LogP contribution in [0.15, 0.2) is 47.6 Å². The Labute approximate surface area is 180 Å². The van der Waals surface area contributed by atoms with Crippen molar-refractivity contribution >= 4 is 0 Å². The molecule has 3 rings (SSSR count). The number of fused-ring (bicyclic) bond motifs is 1. The first kappa shape index (κ1) is 22.6. The molecule has 0 aliphatic heterocycles. The van der Waals surface area contributed by atoms with Crippen LogP contribution in [0.3, 0.4) is 0 Å². The van der Waals surface area contributed by atoms with E-state index in [0.29, 0.717) is 17.3 Å². The van der Waals surface area contributed by atoms with E-state index in [1.807, 2.05) is 0 Å². The minimum Gasteiger partial charge on any atom is -0.393 e. The molecule has 0 heterocycles. The standard InChI is InChI=1S/C28H44O/c1-19(2)20(3)9-10-22(5)26-15-16-27-23(8-7-17-28(26,27)6)12-13-24-18-25(29)14-11-21(24)4/h9-10,12-13,19-20,22,25-27,29H,4,7-8,11,14-18H2,1-3,5-6H3/t20-,22-,25+,26+,27+,28-/m0/s1. The van der Waals surface area contributed by atoms with Gasteiger partial charge in [0.05, 0.1) is 6.10 Å². The van der Waals surface area contributed by atoms with Gasteiger partial charge in [-0.3, -0.25) is 0 Å². The predicted molar refractivity (Wildman–Crippen MR) is 126 cm³/mol. The number of rotatable bonds is 5. The summed E-state index contributed by atoms with van der Waals surface area (Å²) in [4.78, 5) is 0. The minimum atomic E-state index is -0.182. The second-order valence-electron chi connectivity index (χ2n) is 10.9. The Kier molecular flexibility index (Phi) is 7.31. The van der Waals surface area contributed by atoms with Crippen LogP contribution in [0, 0.1) is 35.0 Å². The molecule has 29 heavy (non-hydrogen) atoms. The van der Waals surface area contributed by atoms with Crippen molar-refractivity contribution in [3.05, 3.63) is 47.6 Å². The van der Waals surface area contributed by atoms with Crippen molar-refractivity contribution < 1.29 is 5.11 Å². The molecular formula is C28H44O. The maximum absolute atomic E-state index is 10.0. The van der Waals surface area contributed by atoms with Gasteiger partial charge in [-0.25, -0.2) is 0 Å². The number of aliphatic hydroxyl groups is 1. The predicted octanol–water partition coefficient (Wildman–Crippen LogP) is 7.64. The summed E-state index contributed by atoms with van der Waals surface area (Å²) >= 11 is 0. The van der Waals surface area contributed by atoms with Gasteiger partial charge < -0.3 is 5.11 Å². The zero-order valence-corrected chi connectivity index (χ0v) is 19.6. The fraction of sp³-hybridized carbons (Fsp3) is 0.714. The number of allylic oxidation sites excluding steroid dienone is 6. The molecule has 1 N–H and O–H groups in total. The van der Waals surface area contributed by atoms with Crippen LogP contribution in [0.4, 0.5) is 0 Å². The third kappa shape index (κ3) is 4.98. The first-order valence-corrected chi connectivity index (χ1v) is 12.2. The van der Waals surface area contributed by atoms with E-state index in [9.17, 15) is 5.11 Å². The van der Waals surface area contributed by atoms with Gasteiger partial charge in [0.1, 0.15) is 0 Å². The van der Waals surface area contributed by atoms with Crippen LogP contribution in [0.1, 0.15) is 86.0 Å². The lowest BCUT2D eigenvalue weighted by atomic mass is 9.61. The molecule has 0 bridgehead atoms. The van der Waals surface area contributed by atoms with Gasteiger partial charge in [0.2, 0.25) is 0 Å². The molecule has 0 aromatic heterocycles. The quantitative estimate of drug-likeness (QED) is 0.473. The summed E-state index contributed by atoms with van der Waals surface area (Å²) in [5.41, 5.74) is 4.61. The van der Waals surface area contributed by atoms with Crippen molar-refractivity contribution in [2.75, 3.05) is 0 Å². The van der Waals surface area contributed by atoms with Gasteiger partial charge >= 0.3 is 0 Å².